The van der Waals surface area contributed by atoms with E-state index in [4.69, 9.17) is 0 Å². The van der Waals surface area contributed by atoms with Crippen LogP contribution in [0.4, 0.5) is 0 Å². The van der Waals surface area contributed by atoms with Crippen molar-refractivity contribution in [2.24, 2.45) is 0 Å². The first-order valence-electron chi connectivity index (χ1n) is 3.07. The summed E-state index contributed by atoms with van der Waals surface area (Å²) in [6, 6.07) is 14.7. The van der Waals surface area contributed by atoms with Crippen LogP contribution in [-0.2, 0) is 26.2 Å². The molecule has 2 rings (SSSR count). The zero-order valence-electron chi connectivity index (χ0n) is 6.68. The molecule has 0 saturated carbocycles. The first-order valence-corrected chi connectivity index (χ1v) is 3.07. The fourth-order valence-corrected chi connectivity index (χ4v) is 1.07. The number of hydrogen-bond acceptors (Lipinski definition) is 0. The normalized spacial score (nSPS) is 7.08. The molecule has 0 aliphatic heterocycles. The van der Waals surface area contributed by atoms with Crippen LogP contribution in [-0.4, -0.2) is 0 Å². The van der Waals surface area contributed by atoms with Crippen LogP contribution in [0.1, 0.15) is 0 Å². The van der Waals surface area contributed by atoms with Gasteiger partial charge in [-0.2, -0.15) is 17.5 Å². The summed E-state index contributed by atoms with van der Waals surface area (Å²) < 4.78 is 0. The van der Waals surface area contributed by atoms with Crippen LogP contribution in [0, 0.1) is 0 Å². The Kier molecular flexibility index (Phi) is 14.7. The third kappa shape index (κ3) is 4.96. The van der Waals surface area contributed by atoms with E-state index in [-0.39, 0.29) is 77.1 Å². The van der Waals surface area contributed by atoms with Gasteiger partial charge >= 0.3 is 26.2 Å². The number of rotatable bonds is 0. The molecule has 0 aliphatic rings. The van der Waals surface area contributed by atoms with Gasteiger partial charge in [0.2, 0.25) is 0 Å². The molecule has 2 aromatic carbocycles. The van der Waals surface area contributed by atoms with Crippen LogP contribution in [0.15, 0.2) is 42.5 Å². The van der Waals surface area contributed by atoms with Crippen molar-refractivity contribution in [2.45, 2.75) is 0 Å². The monoisotopic (exact) mass is 442 g/mol. The number of halogens is 3. The van der Waals surface area contributed by atoms with Crippen LogP contribution in [0.3, 0.4) is 0 Å². The van der Waals surface area contributed by atoms with Gasteiger partial charge in [0.05, 0.1) is 0 Å². The molecule has 68 valence electrons. The zero-order chi connectivity index (χ0) is 6.10. The van der Waals surface area contributed by atoms with Crippen molar-refractivity contribution in [3.63, 3.8) is 0 Å². The number of benzene rings is 1. The van der Waals surface area contributed by atoms with Crippen LogP contribution in [0.25, 0.3) is 10.8 Å². The molecular formula is C9H7Br3Zr. The van der Waals surface area contributed by atoms with Gasteiger partial charge in [0.25, 0.3) is 0 Å². The first-order chi connectivity index (χ1) is 4.47. The van der Waals surface area contributed by atoms with Crippen LogP contribution >= 0.6 is 0 Å². The van der Waals surface area contributed by atoms with Crippen LogP contribution in [0.5, 0.6) is 0 Å². The van der Waals surface area contributed by atoms with Gasteiger partial charge in [-0.1, -0.05) is 6.07 Å². The fourth-order valence-electron chi connectivity index (χ4n) is 1.07. The Morgan fingerprint density at radius 3 is 2.08 bits per heavy atom. The molecule has 0 atom stereocenters. The maximum Gasteiger partial charge on any atom is 4.00 e. The van der Waals surface area contributed by atoms with Gasteiger partial charge in [0.1, 0.15) is 0 Å². The molecule has 0 spiro atoms. The average molecular weight is 446 g/mol. The second kappa shape index (κ2) is 9.70. The van der Waals surface area contributed by atoms with E-state index in [0.717, 1.165) is 0 Å². The van der Waals surface area contributed by atoms with Gasteiger partial charge in [-0.15, -0.1) is 29.7 Å². The second-order valence-electron chi connectivity index (χ2n) is 2.15. The Bertz CT molecular complexity index is 289. The summed E-state index contributed by atoms with van der Waals surface area (Å²) in [7, 11) is 0. The van der Waals surface area contributed by atoms with Crippen LogP contribution in [0.2, 0.25) is 0 Å². The second-order valence-corrected chi connectivity index (χ2v) is 2.15. The fraction of sp³-hybridized carbons (Fsp3) is 0. The van der Waals surface area contributed by atoms with Crippen molar-refractivity contribution in [1.29, 1.82) is 0 Å². The van der Waals surface area contributed by atoms with Crippen molar-refractivity contribution in [1.82, 2.24) is 0 Å². The van der Waals surface area contributed by atoms with Crippen LogP contribution < -0.4 is 50.9 Å². The van der Waals surface area contributed by atoms with Gasteiger partial charge in [-0.05, 0) is 0 Å². The number of hydrogen-bond donors (Lipinski definition) is 0. The van der Waals surface area contributed by atoms with Gasteiger partial charge in [-0.25, -0.2) is 0 Å². The molecule has 0 aliphatic carbocycles. The molecule has 4 heteroatoms. The summed E-state index contributed by atoms with van der Waals surface area (Å²) in [4.78, 5) is 0. The first kappa shape index (κ1) is 19.7. The van der Waals surface area contributed by atoms with Crippen molar-refractivity contribution < 1.29 is 77.1 Å². The van der Waals surface area contributed by atoms with Crippen molar-refractivity contribution in [2.75, 3.05) is 0 Å². The largest absolute Gasteiger partial charge is 4.00 e. The predicted octanol–water partition coefficient (Wildman–Crippen LogP) is -6.43. The summed E-state index contributed by atoms with van der Waals surface area (Å²) in [5.41, 5.74) is 0. The van der Waals surface area contributed by atoms with E-state index in [1.165, 1.54) is 10.8 Å². The minimum absolute atomic E-state index is 0. The Morgan fingerprint density at radius 1 is 0.846 bits per heavy atom. The SMILES string of the molecule is [Br-].[Br-].[Br-].[Zr+4].c1ccc2[cH-]ccc2c1. The summed E-state index contributed by atoms with van der Waals surface area (Å²) in [6.07, 6.45) is 0. The molecule has 2 aromatic rings. The third-order valence-corrected chi connectivity index (χ3v) is 1.55. The average Bonchev–Trinajstić information content (AvgIpc) is 2.33. The standard InChI is InChI=1S/C9H7.3BrH.Zr/c1-2-5-9-7-3-6-8(9)4-1;;;;/h1-7H;3*1H;/q-1;;;;+4/p-3. The van der Waals surface area contributed by atoms with E-state index < -0.39 is 0 Å². The Balaban J connectivity index is -0.000000250. The van der Waals surface area contributed by atoms with E-state index in [0.29, 0.717) is 0 Å². The minimum atomic E-state index is 0. The van der Waals surface area contributed by atoms with Gasteiger partial charge in [0, 0.05) is 0 Å². The molecule has 0 amide bonds. The topological polar surface area (TPSA) is 0 Å². The van der Waals surface area contributed by atoms with E-state index in [1.807, 2.05) is 0 Å². The molecular weight excluding hydrogens is 439 g/mol. The van der Waals surface area contributed by atoms with Gasteiger partial charge in [0.15, 0.2) is 0 Å². The van der Waals surface area contributed by atoms with Gasteiger partial charge in [-0.3, -0.25) is 0 Å². The molecule has 0 heterocycles. The van der Waals surface area contributed by atoms with E-state index in [9.17, 15) is 0 Å². The quantitative estimate of drug-likeness (QED) is 0.354. The van der Waals surface area contributed by atoms with Gasteiger partial charge < -0.3 is 50.9 Å². The van der Waals surface area contributed by atoms with Crippen molar-refractivity contribution >= 4 is 10.8 Å². The summed E-state index contributed by atoms with van der Waals surface area (Å²) in [5, 5.41) is 2.66. The number of fused-ring (bicyclic) bond motifs is 1. The zero-order valence-corrected chi connectivity index (χ0v) is 13.9. The summed E-state index contributed by atoms with van der Waals surface area (Å²) in [6.45, 7) is 0. The Hall–Kier alpha value is 1.15. The molecule has 13 heavy (non-hydrogen) atoms. The summed E-state index contributed by atoms with van der Waals surface area (Å²) >= 11 is 0. The molecule has 0 bridgehead atoms. The third-order valence-electron chi connectivity index (χ3n) is 1.55. The smallest absolute Gasteiger partial charge is 1.00 e. The maximum absolute atomic E-state index is 2.12. The molecule has 0 fully saturated rings. The van der Waals surface area contributed by atoms with E-state index >= 15 is 0 Å². The molecule has 0 N–H and O–H groups in total. The van der Waals surface area contributed by atoms with Crippen molar-refractivity contribution in [3.05, 3.63) is 42.5 Å². The minimum Gasteiger partial charge on any atom is -1.00 e. The molecule has 0 nitrogen and oxygen atoms in total. The van der Waals surface area contributed by atoms with E-state index in [2.05, 4.69) is 42.5 Å². The summed E-state index contributed by atoms with van der Waals surface area (Å²) in [5.74, 6) is 0. The van der Waals surface area contributed by atoms with Crippen molar-refractivity contribution in [3.8, 4) is 0 Å². The molecule has 0 radical (unpaired) electrons. The predicted molar refractivity (Wildman–Crippen MR) is 39.5 cm³/mol. The molecule has 0 aromatic heterocycles. The van der Waals surface area contributed by atoms with E-state index in [1.54, 1.807) is 0 Å². The molecule has 0 unspecified atom stereocenters. The molecule has 0 saturated heterocycles. The maximum atomic E-state index is 2.12. The Morgan fingerprint density at radius 2 is 1.46 bits per heavy atom. The Labute approximate surface area is 129 Å².